The average molecular weight is 219 g/mol. The Bertz CT molecular complexity index is 494. The molecular weight excluding hydrogens is 208 g/mol. The van der Waals surface area contributed by atoms with Crippen molar-refractivity contribution in [3.63, 3.8) is 0 Å². The summed E-state index contributed by atoms with van der Waals surface area (Å²) >= 11 is 0. The second kappa shape index (κ2) is 4.43. The quantitative estimate of drug-likeness (QED) is 0.575. The molecule has 2 aromatic rings. The van der Waals surface area contributed by atoms with Crippen molar-refractivity contribution in [2.45, 2.75) is 0 Å². The van der Waals surface area contributed by atoms with Crippen LogP contribution in [0.1, 0.15) is 5.56 Å². The van der Waals surface area contributed by atoms with Crippen molar-refractivity contribution >= 4 is 6.21 Å². The summed E-state index contributed by atoms with van der Waals surface area (Å²) in [5.74, 6) is 0.525. The lowest BCUT2D eigenvalue weighted by molar-refractivity contribution is -0.678. The summed E-state index contributed by atoms with van der Waals surface area (Å²) < 4.78 is 6.45. The van der Waals surface area contributed by atoms with Crippen LogP contribution in [0.5, 0.6) is 11.5 Å². The number of phenolic OH excluding ortho intramolecular Hbond substituents is 1. The molecule has 6 nitrogen and oxygen atoms in total. The number of aromatic amines is 1. The molecule has 1 heterocycles. The Morgan fingerprint density at radius 2 is 2.44 bits per heavy atom. The minimum atomic E-state index is 0.0867. The Balaban J connectivity index is 2.19. The smallest absolute Gasteiger partial charge is 0.288 e. The summed E-state index contributed by atoms with van der Waals surface area (Å²) in [6.07, 6.45) is 4.73. The van der Waals surface area contributed by atoms with Gasteiger partial charge in [-0.05, 0) is 23.8 Å². The highest BCUT2D eigenvalue weighted by molar-refractivity contribution is 5.80. The van der Waals surface area contributed by atoms with Gasteiger partial charge in [0.05, 0.1) is 13.3 Å². The number of aromatic nitrogens is 3. The third-order valence-corrected chi connectivity index (χ3v) is 1.98. The second-order valence-electron chi connectivity index (χ2n) is 3.06. The average Bonchev–Trinajstić information content (AvgIpc) is 2.79. The van der Waals surface area contributed by atoms with Gasteiger partial charge >= 0.3 is 0 Å². The van der Waals surface area contributed by atoms with Crippen molar-refractivity contribution in [2.75, 3.05) is 7.11 Å². The number of H-pyrrole nitrogens is 1. The first-order chi connectivity index (χ1) is 7.79. The van der Waals surface area contributed by atoms with Crippen molar-refractivity contribution in [1.29, 1.82) is 0 Å². The third kappa shape index (κ3) is 2.17. The lowest BCUT2D eigenvalue weighted by atomic mass is 10.2. The van der Waals surface area contributed by atoms with E-state index in [1.165, 1.54) is 18.1 Å². The minimum absolute atomic E-state index is 0.0867. The van der Waals surface area contributed by atoms with E-state index in [4.69, 9.17) is 4.74 Å². The van der Waals surface area contributed by atoms with Gasteiger partial charge in [0.15, 0.2) is 11.5 Å². The normalized spacial score (nSPS) is 10.8. The predicted octanol–water partition coefficient (Wildman–Crippen LogP) is 0.294. The molecule has 16 heavy (non-hydrogen) atoms. The van der Waals surface area contributed by atoms with Crippen LogP contribution in [0.3, 0.4) is 0 Å². The van der Waals surface area contributed by atoms with Gasteiger partial charge in [-0.15, -0.1) is 14.9 Å². The molecule has 0 bridgehead atoms. The minimum Gasteiger partial charge on any atom is -0.504 e. The molecule has 0 amide bonds. The van der Waals surface area contributed by atoms with E-state index < -0.39 is 0 Å². The highest BCUT2D eigenvalue weighted by atomic mass is 16.5. The number of phenols is 1. The van der Waals surface area contributed by atoms with Crippen molar-refractivity contribution in [2.24, 2.45) is 5.10 Å². The van der Waals surface area contributed by atoms with Gasteiger partial charge in [-0.3, -0.25) is 0 Å². The molecule has 0 radical (unpaired) electrons. The van der Waals surface area contributed by atoms with Crippen LogP contribution in [0, 0.1) is 0 Å². The Hall–Kier alpha value is -2.37. The zero-order valence-corrected chi connectivity index (χ0v) is 8.66. The Labute approximate surface area is 91.8 Å². The zero-order valence-electron chi connectivity index (χ0n) is 8.66. The summed E-state index contributed by atoms with van der Waals surface area (Å²) in [7, 11) is 1.50. The first-order valence-corrected chi connectivity index (χ1v) is 4.61. The van der Waals surface area contributed by atoms with Gasteiger partial charge in [0, 0.05) is 5.10 Å². The molecule has 1 aromatic carbocycles. The lowest BCUT2D eigenvalue weighted by Crippen LogP contribution is -2.23. The molecule has 0 aliphatic heterocycles. The fourth-order valence-corrected chi connectivity index (χ4v) is 1.20. The molecule has 82 valence electrons. The van der Waals surface area contributed by atoms with Gasteiger partial charge in [-0.25, -0.2) is 0 Å². The standard InChI is InChI=1S/C10H10N4O2/c1-16-10-3-2-8(4-9(10)15)5-13-14-6-11-12-7-14/h2-7,15H,1H3/p+1/b13-5+. The van der Waals surface area contributed by atoms with Crippen LogP contribution in [0.2, 0.25) is 0 Å². The van der Waals surface area contributed by atoms with Crippen molar-refractivity contribution in [1.82, 2.24) is 10.2 Å². The van der Waals surface area contributed by atoms with Crippen molar-refractivity contribution in [3.8, 4) is 11.5 Å². The molecule has 2 N–H and O–H groups in total. The van der Waals surface area contributed by atoms with Crippen LogP contribution in [-0.4, -0.2) is 28.6 Å². The van der Waals surface area contributed by atoms with Crippen LogP contribution >= 0.6 is 0 Å². The van der Waals surface area contributed by atoms with Crippen LogP contribution in [0.15, 0.2) is 36.0 Å². The summed E-state index contributed by atoms with van der Waals surface area (Å²) in [5, 5.41) is 20.0. The van der Waals surface area contributed by atoms with E-state index in [-0.39, 0.29) is 5.75 Å². The topological polar surface area (TPSA) is 74.4 Å². The van der Waals surface area contributed by atoms with Gasteiger partial charge in [0.2, 0.25) is 6.33 Å². The molecule has 1 aromatic heterocycles. The van der Waals surface area contributed by atoms with Crippen LogP contribution < -0.4 is 9.41 Å². The molecule has 2 rings (SSSR count). The third-order valence-electron chi connectivity index (χ3n) is 1.98. The van der Waals surface area contributed by atoms with E-state index in [2.05, 4.69) is 15.3 Å². The number of rotatable bonds is 3. The molecule has 0 saturated heterocycles. The maximum absolute atomic E-state index is 9.54. The molecule has 0 saturated carbocycles. The second-order valence-corrected chi connectivity index (χ2v) is 3.06. The molecular formula is C10H11N4O2+. The highest BCUT2D eigenvalue weighted by Crippen LogP contribution is 2.25. The van der Waals surface area contributed by atoms with Crippen LogP contribution in [-0.2, 0) is 0 Å². The van der Waals surface area contributed by atoms with Crippen molar-refractivity contribution in [3.05, 3.63) is 36.4 Å². The monoisotopic (exact) mass is 219 g/mol. The number of nitrogens with one attached hydrogen (secondary N) is 1. The largest absolute Gasteiger partial charge is 0.504 e. The van der Waals surface area contributed by atoms with Gasteiger partial charge in [-0.1, -0.05) is 0 Å². The fraction of sp³-hybridized carbons (Fsp3) is 0.100. The SMILES string of the molecule is COc1ccc(/C=N/[n+]2cn[nH]c2)cc1O. The summed E-state index contributed by atoms with van der Waals surface area (Å²) in [6.45, 7) is 0. The molecule has 0 aliphatic rings. The number of benzene rings is 1. The maximum atomic E-state index is 9.54. The van der Waals surface area contributed by atoms with E-state index in [1.807, 2.05) is 0 Å². The van der Waals surface area contributed by atoms with Crippen LogP contribution in [0.4, 0.5) is 0 Å². The van der Waals surface area contributed by atoms with Crippen molar-refractivity contribution < 1.29 is 14.5 Å². The fourth-order valence-electron chi connectivity index (χ4n) is 1.20. The zero-order chi connectivity index (χ0) is 11.4. The van der Waals surface area contributed by atoms with E-state index in [0.717, 1.165) is 5.56 Å². The molecule has 6 heteroatoms. The Morgan fingerprint density at radius 1 is 1.56 bits per heavy atom. The summed E-state index contributed by atoms with van der Waals surface area (Å²) in [4.78, 5) is 0. The predicted molar refractivity (Wildman–Crippen MR) is 56.4 cm³/mol. The van der Waals surface area contributed by atoms with Gasteiger partial charge in [-0.2, -0.15) is 0 Å². The molecule has 0 spiro atoms. The lowest BCUT2D eigenvalue weighted by Gasteiger charge is -2.02. The molecule has 0 fully saturated rings. The number of nitrogens with zero attached hydrogens (tertiary/aromatic N) is 3. The summed E-state index contributed by atoms with van der Waals surface area (Å²) in [6, 6.07) is 5.04. The first-order valence-electron chi connectivity index (χ1n) is 4.61. The van der Waals surface area contributed by atoms with Crippen LogP contribution in [0.25, 0.3) is 0 Å². The van der Waals surface area contributed by atoms with E-state index in [9.17, 15) is 5.11 Å². The van der Waals surface area contributed by atoms with E-state index >= 15 is 0 Å². The Morgan fingerprint density at radius 3 is 3.06 bits per heavy atom. The number of hydrogen-bond acceptors (Lipinski definition) is 4. The maximum Gasteiger partial charge on any atom is 0.288 e. The van der Waals surface area contributed by atoms with E-state index in [0.29, 0.717) is 5.75 Å². The molecule has 0 unspecified atom stereocenters. The number of aromatic hydroxyl groups is 1. The number of ether oxygens (including phenoxy) is 1. The number of hydrogen-bond donors (Lipinski definition) is 2. The molecule has 0 atom stereocenters. The van der Waals surface area contributed by atoms with Gasteiger partial charge in [0.25, 0.3) is 6.33 Å². The first kappa shape index (κ1) is 10.2. The number of methoxy groups -OCH3 is 1. The van der Waals surface area contributed by atoms with Gasteiger partial charge < -0.3 is 9.84 Å². The van der Waals surface area contributed by atoms with Gasteiger partial charge in [0.1, 0.15) is 0 Å². The highest BCUT2D eigenvalue weighted by Gasteiger charge is 2.01. The molecule has 0 aliphatic carbocycles. The Kier molecular flexibility index (Phi) is 2.81. The summed E-state index contributed by atoms with van der Waals surface area (Å²) in [5.41, 5.74) is 0.770. The van der Waals surface area contributed by atoms with E-state index in [1.54, 1.807) is 30.7 Å².